The van der Waals surface area contributed by atoms with Crippen molar-refractivity contribution < 1.29 is 20.4 Å². The van der Waals surface area contributed by atoms with E-state index in [-0.39, 0.29) is 20.4 Å². The molecule has 13 heavy (non-hydrogen) atoms. The first-order valence-corrected chi connectivity index (χ1v) is 4.05. The van der Waals surface area contributed by atoms with E-state index in [1.165, 1.54) is 0 Å². The molecule has 1 aromatic carbocycles. The summed E-state index contributed by atoms with van der Waals surface area (Å²) in [4.78, 5) is 9.27. The van der Waals surface area contributed by atoms with Crippen LogP contribution in [0.2, 0.25) is 0 Å². The van der Waals surface area contributed by atoms with Gasteiger partial charge < -0.3 is 4.98 Å². The second-order valence-electron chi connectivity index (χ2n) is 2.59. The fraction of sp³-hybridized carbons (Fsp3) is 0.111. The molecule has 0 aliphatic heterocycles. The van der Waals surface area contributed by atoms with Gasteiger partial charge in [-0.1, -0.05) is 11.6 Å². The maximum absolute atomic E-state index is 4.26. The van der Waals surface area contributed by atoms with E-state index in [2.05, 4.69) is 28.8 Å². The summed E-state index contributed by atoms with van der Waals surface area (Å²) in [7, 11) is 0. The summed E-state index contributed by atoms with van der Waals surface area (Å²) >= 11 is 4.20. The van der Waals surface area contributed by atoms with E-state index < -0.39 is 0 Å². The van der Waals surface area contributed by atoms with Crippen LogP contribution >= 0.6 is 12.6 Å². The average Bonchev–Trinajstić information content (AvgIpc) is 2.05. The van der Waals surface area contributed by atoms with Crippen LogP contribution in [0.25, 0.3) is 11.0 Å². The van der Waals surface area contributed by atoms with Crippen molar-refractivity contribution in [2.45, 2.75) is 11.8 Å². The SMILES string of the molecule is Cc1[c-]nc2cc(S)ccc2n1.[Re]. The number of hydrogen-bond acceptors (Lipinski definition) is 3. The second kappa shape index (κ2) is 4.19. The maximum Gasteiger partial charge on any atom is 0.00517 e. The van der Waals surface area contributed by atoms with E-state index in [1.807, 2.05) is 25.1 Å². The largest absolute Gasteiger partial charge is 0.448 e. The molecule has 0 fully saturated rings. The summed E-state index contributed by atoms with van der Waals surface area (Å²) in [5.41, 5.74) is 2.55. The van der Waals surface area contributed by atoms with Gasteiger partial charge in [0.25, 0.3) is 0 Å². The van der Waals surface area contributed by atoms with Gasteiger partial charge in [-0.2, -0.15) is 0 Å². The molecule has 1 aromatic heterocycles. The molecule has 0 atom stereocenters. The number of hydrogen-bond donors (Lipinski definition) is 1. The summed E-state index contributed by atoms with van der Waals surface area (Å²) in [6.45, 7) is 1.88. The van der Waals surface area contributed by atoms with Gasteiger partial charge in [0.15, 0.2) is 0 Å². The zero-order valence-electron chi connectivity index (χ0n) is 6.95. The van der Waals surface area contributed by atoms with Crippen LogP contribution in [0.4, 0.5) is 0 Å². The Morgan fingerprint density at radius 2 is 2.08 bits per heavy atom. The van der Waals surface area contributed by atoms with E-state index in [0.29, 0.717) is 0 Å². The topological polar surface area (TPSA) is 25.8 Å². The minimum atomic E-state index is 0. The van der Waals surface area contributed by atoms with Crippen LogP contribution in [0, 0.1) is 13.1 Å². The molecule has 2 aromatic rings. The normalized spacial score (nSPS) is 9.69. The number of rotatable bonds is 0. The quantitative estimate of drug-likeness (QED) is 0.574. The van der Waals surface area contributed by atoms with Crippen molar-refractivity contribution in [1.29, 1.82) is 0 Å². The Morgan fingerprint density at radius 3 is 2.85 bits per heavy atom. The van der Waals surface area contributed by atoms with Crippen molar-refractivity contribution in [3.63, 3.8) is 0 Å². The first kappa shape index (κ1) is 10.7. The van der Waals surface area contributed by atoms with E-state index in [1.54, 1.807) is 0 Å². The summed E-state index contributed by atoms with van der Waals surface area (Å²) in [5.74, 6) is 0. The van der Waals surface area contributed by atoms with Crippen LogP contribution in [-0.4, -0.2) is 9.97 Å². The van der Waals surface area contributed by atoms with Crippen LogP contribution in [0.1, 0.15) is 5.69 Å². The van der Waals surface area contributed by atoms with Gasteiger partial charge >= 0.3 is 0 Å². The first-order chi connectivity index (χ1) is 5.75. The minimum Gasteiger partial charge on any atom is -0.448 e. The number of benzene rings is 1. The second-order valence-corrected chi connectivity index (χ2v) is 3.11. The fourth-order valence-corrected chi connectivity index (χ4v) is 1.24. The number of thiol groups is 1. The Hall–Kier alpha value is -0.428. The predicted octanol–water partition coefficient (Wildman–Crippen LogP) is 2.02. The molecule has 1 radical (unpaired) electrons. The maximum atomic E-state index is 4.26. The van der Waals surface area contributed by atoms with Gasteiger partial charge in [0.2, 0.25) is 0 Å². The number of fused-ring (bicyclic) bond motifs is 1. The van der Waals surface area contributed by atoms with Crippen LogP contribution in [0.5, 0.6) is 0 Å². The third-order valence-corrected chi connectivity index (χ3v) is 1.86. The number of nitrogens with zero attached hydrogens (tertiary/aromatic N) is 2. The molecule has 67 valence electrons. The predicted molar refractivity (Wildman–Crippen MR) is 50.4 cm³/mol. The fourth-order valence-electron chi connectivity index (χ4n) is 1.04. The molecule has 0 N–H and O–H groups in total. The third kappa shape index (κ3) is 2.28. The van der Waals surface area contributed by atoms with Crippen LogP contribution < -0.4 is 0 Å². The molecule has 1 heterocycles. The molecule has 0 unspecified atom stereocenters. The Bertz CT molecular complexity index is 390. The Morgan fingerprint density at radius 1 is 1.31 bits per heavy atom. The molecular weight excluding hydrogens is 354 g/mol. The summed E-state index contributed by atoms with van der Waals surface area (Å²) < 4.78 is 0. The van der Waals surface area contributed by atoms with Gasteiger partial charge in [-0.3, -0.25) is 4.98 Å². The van der Waals surface area contributed by atoms with Gasteiger partial charge in [0.05, 0.1) is 0 Å². The molecule has 0 saturated carbocycles. The summed E-state index contributed by atoms with van der Waals surface area (Å²) in [6.07, 6.45) is 2.81. The van der Waals surface area contributed by atoms with Crippen molar-refractivity contribution in [1.82, 2.24) is 9.97 Å². The van der Waals surface area contributed by atoms with E-state index >= 15 is 0 Å². The van der Waals surface area contributed by atoms with Crippen LogP contribution in [0.3, 0.4) is 0 Å². The van der Waals surface area contributed by atoms with E-state index in [9.17, 15) is 0 Å². The summed E-state index contributed by atoms with van der Waals surface area (Å²) in [6, 6.07) is 5.69. The van der Waals surface area contributed by atoms with Gasteiger partial charge in [-0.05, 0) is 23.6 Å². The van der Waals surface area contributed by atoms with Gasteiger partial charge in [0.1, 0.15) is 0 Å². The minimum absolute atomic E-state index is 0. The molecule has 0 saturated heterocycles. The van der Waals surface area contributed by atoms with E-state index in [4.69, 9.17) is 0 Å². The molecule has 0 spiro atoms. The van der Waals surface area contributed by atoms with Crippen molar-refractivity contribution in [2.75, 3.05) is 0 Å². The van der Waals surface area contributed by atoms with Gasteiger partial charge in [-0.15, -0.1) is 24.9 Å². The molecule has 0 aliphatic carbocycles. The van der Waals surface area contributed by atoms with Gasteiger partial charge in [0, 0.05) is 25.9 Å². The zero-order chi connectivity index (χ0) is 8.55. The number of aryl methyl sites for hydroxylation is 1. The Kier molecular flexibility index (Phi) is 3.43. The van der Waals surface area contributed by atoms with Crippen molar-refractivity contribution in [3.05, 3.63) is 30.1 Å². The summed E-state index contributed by atoms with van der Waals surface area (Å²) in [5, 5.41) is 0. The first-order valence-electron chi connectivity index (χ1n) is 3.61. The van der Waals surface area contributed by atoms with Crippen LogP contribution in [-0.2, 0) is 20.4 Å². The van der Waals surface area contributed by atoms with Crippen molar-refractivity contribution in [3.8, 4) is 0 Å². The zero-order valence-corrected chi connectivity index (χ0v) is 10.6. The molecular formula is C9H7N2ReS-. The van der Waals surface area contributed by atoms with Crippen LogP contribution in [0.15, 0.2) is 23.1 Å². The van der Waals surface area contributed by atoms with Gasteiger partial charge in [-0.25, -0.2) is 0 Å². The molecule has 0 aliphatic rings. The van der Waals surface area contributed by atoms with E-state index in [0.717, 1.165) is 21.6 Å². The van der Waals surface area contributed by atoms with Crippen molar-refractivity contribution >= 4 is 23.7 Å². The Balaban J connectivity index is 0.000000845. The smallest absolute Gasteiger partial charge is 0.00517 e. The molecule has 4 heteroatoms. The number of aromatic nitrogens is 2. The molecule has 0 amide bonds. The third-order valence-electron chi connectivity index (χ3n) is 1.59. The average molecular weight is 361 g/mol. The molecule has 2 nitrogen and oxygen atoms in total. The Labute approximate surface area is 95.9 Å². The molecule has 2 rings (SSSR count). The van der Waals surface area contributed by atoms with Crippen molar-refractivity contribution in [2.24, 2.45) is 0 Å². The monoisotopic (exact) mass is 362 g/mol. The molecule has 0 bridgehead atoms. The standard InChI is InChI=1S/C9H7N2S.Re/c1-6-5-10-9-4-7(12)2-3-8(9)11-6;/h2-4,12H,1H3;/q-1;.